The number of nitrogens with zero attached hydrogens (tertiary/aromatic N) is 2. The van der Waals surface area contributed by atoms with Crippen molar-refractivity contribution in [3.8, 4) is 55.6 Å². The molecule has 0 N–H and O–H groups in total. The van der Waals surface area contributed by atoms with E-state index < -0.39 is 5.41 Å². The molecule has 0 amide bonds. The van der Waals surface area contributed by atoms with Crippen LogP contribution in [-0.4, -0.2) is 0 Å². The maximum absolute atomic E-state index is 2.56. The average molecular weight is 907 g/mol. The van der Waals surface area contributed by atoms with Gasteiger partial charge in [-0.05, 0) is 146 Å². The lowest BCUT2D eigenvalue weighted by atomic mass is 9.65. The first-order valence-corrected chi connectivity index (χ1v) is 25.0. The first-order chi connectivity index (χ1) is 34.7. The number of rotatable bonds is 4. The lowest BCUT2D eigenvalue weighted by molar-refractivity contribution is 0.776. The predicted octanol–water partition coefficient (Wildman–Crippen LogP) is 18.7. The van der Waals surface area contributed by atoms with Gasteiger partial charge in [0.25, 0.3) is 0 Å². The molecular weight excluding hydrogens is 865 g/mol. The van der Waals surface area contributed by atoms with E-state index in [0.29, 0.717) is 0 Å². The Bertz CT molecular complexity index is 4090. The summed E-state index contributed by atoms with van der Waals surface area (Å²) in [5.41, 5.74) is 23.7. The van der Waals surface area contributed by atoms with Crippen LogP contribution in [0.15, 0.2) is 255 Å². The van der Waals surface area contributed by atoms with E-state index in [4.69, 9.17) is 0 Å². The summed E-state index contributed by atoms with van der Waals surface area (Å²) in [5, 5.41) is 2.62. The highest BCUT2D eigenvalue weighted by Gasteiger charge is 2.50. The third-order valence-corrected chi connectivity index (χ3v) is 16.3. The van der Waals surface area contributed by atoms with Gasteiger partial charge >= 0.3 is 0 Å². The van der Waals surface area contributed by atoms with Gasteiger partial charge in [0.2, 0.25) is 0 Å². The topological polar surface area (TPSA) is 6.48 Å². The molecule has 2 aliphatic carbocycles. The first-order valence-electron chi connectivity index (χ1n) is 24.2. The second-order valence-electron chi connectivity index (χ2n) is 18.7. The fourth-order valence-corrected chi connectivity index (χ4v) is 13.5. The molecule has 12 aromatic rings. The van der Waals surface area contributed by atoms with Crippen LogP contribution in [-0.2, 0) is 5.41 Å². The monoisotopic (exact) mass is 906 g/mol. The molecule has 2 nitrogen and oxygen atoms in total. The lowest BCUT2D eigenvalue weighted by Crippen LogP contribution is -2.29. The van der Waals surface area contributed by atoms with Crippen LogP contribution in [0.3, 0.4) is 0 Å². The molecule has 1 unspecified atom stereocenters. The van der Waals surface area contributed by atoms with Gasteiger partial charge in [-0.15, -0.1) is 11.3 Å². The Kier molecular flexibility index (Phi) is 8.48. The van der Waals surface area contributed by atoms with E-state index in [1.807, 2.05) is 11.3 Å². The number of hydrogen-bond acceptors (Lipinski definition) is 3. The number of thiophene rings is 1. The highest BCUT2D eigenvalue weighted by molar-refractivity contribution is 7.25. The second kappa shape index (κ2) is 15.1. The molecule has 2 heterocycles. The SMILES string of the molecule is c1ccc(N(c2ccc3c(c2)-c2ccccc2-c2ccccc2N3c2ccccc2)c2ccc3c(c2)C2(c4ccccc4-c4ccccc4-3)c3ccccc3-c3cc4sc5ccccc5c4cc32)cc1. The fourth-order valence-electron chi connectivity index (χ4n) is 12.4. The van der Waals surface area contributed by atoms with Gasteiger partial charge in [-0.3, -0.25) is 0 Å². The number of fused-ring (bicyclic) bond motifs is 20. The molecule has 11 aromatic carbocycles. The van der Waals surface area contributed by atoms with Gasteiger partial charge in [0.1, 0.15) is 0 Å². The zero-order valence-corrected chi connectivity index (χ0v) is 38.9. The maximum Gasteiger partial charge on any atom is 0.0726 e. The van der Waals surface area contributed by atoms with E-state index in [0.717, 1.165) is 34.1 Å². The second-order valence-corrected chi connectivity index (χ2v) is 19.8. The van der Waals surface area contributed by atoms with Gasteiger partial charge in [0, 0.05) is 54.0 Å². The van der Waals surface area contributed by atoms with Crippen LogP contribution in [0.2, 0.25) is 0 Å². The predicted molar refractivity (Wildman–Crippen MR) is 295 cm³/mol. The molecule has 0 fully saturated rings. The van der Waals surface area contributed by atoms with Crippen LogP contribution in [0.1, 0.15) is 22.3 Å². The van der Waals surface area contributed by atoms with Gasteiger partial charge < -0.3 is 9.80 Å². The van der Waals surface area contributed by atoms with Crippen LogP contribution in [0.4, 0.5) is 34.1 Å². The largest absolute Gasteiger partial charge is 0.310 e. The van der Waals surface area contributed by atoms with Crippen LogP contribution < -0.4 is 9.80 Å². The molecule has 3 heteroatoms. The van der Waals surface area contributed by atoms with Gasteiger partial charge in [0.15, 0.2) is 0 Å². The van der Waals surface area contributed by atoms with Gasteiger partial charge in [0.05, 0.1) is 16.8 Å². The Morgan fingerprint density at radius 1 is 0.286 bits per heavy atom. The van der Waals surface area contributed by atoms with E-state index >= 15 is 0 Å². The van der Waals surface area contributed by atoms with Gasteiger partial charge in [-0.25, -0.2) is 0 Å². The Balaban J connectivity index is 1.03. The lowest BCUT2D eigenvalue weighted by Gasteiger charge is -2.36. The van der Waals surface area contributed by atoms with Crippen LogP contribution in [0.25, 0.3) is 75.8 Å². The van der Waals surface area contributed by atoms with Crippen LogP contribution in [0.5, 0.6) is 0 Å². The first kappa shape index (κ1) is 39.3. The Hall–Kier alpha value is -8.76. The zero-order valence-electron chi connectivity index (χ0n) is 38.1. The van der Waals surface area contributed by atoms with Crippen molar-refractivity contribution < 1.29 is 0 Å². The normalized spacial score (nSPS) is 14.6. The molecule has 1 aliphatic heterocycles. The summed E-state index contributed by atoms with van der Waals surface area (Å²) in [6.45, 7) is 0. The summed E-state index contributed by atoms with van der Waals surface area (Å²) >= 11 is 1.90. The summed E-state index contributed by atoms with van der Waals surface area (Å²) in [7, 11) is 0. The summed E-state index contributed by atoms with van der Waals surface area (Å²) in [5.74, 6) is 0. The van der Waals surface area contributed by atoms with Crippen molar-refractivity contribution in [1.82, 2.24) is 0 Å². The minimum Gasteiger partial charge on any atom is -0.310 e. The quantitative estimate of drug-likeness (QED) is 0.174. The minimum absolute atomic E-state index is 0.652. The third-order valence-electron chi connectivity index (χ3n) is 15.2. The van der Waals surface area contributed by atoms with E-state index in [-0.39, 0.29) is 0 Å². The molecule has 1 spiro atoms. The van der Waals surface area contributed by atoms with E-state index in [2.05, 4.69) is 265 Å². The number of anilines is 6. The van der Waals surface area contributed by atoms with Crippen LogP contribution >= 0.6 is 11.3 Å². The molecule has 326 valence electrons. The highest BCUT2D eigenvalue weighted by Crippen LogP contribution is 2.63. The van der Waals surface area contributed by atoms with Crippen molar-refractivity contribution in [3.63, 3.8) is 0 Å². The molecule has 3 aliphatic rings. The van der Waals surface area contributed by atoms with Gasteiger partial charge in [-0.1, -0.05) is 176 Å². The van der Waals surface area contributed by atoms with Crippen molar-refractivity contribution in [2.75, 3.05) is 9.80 Å². The van der Waals surface area contributed by atoms with E-state index in [1.54, 1.807) is 0 Å². The third kappa shape index (κ3) is 5.49. The molecular formula is C67H42N2S. The summed E-state index contributed by atoms with van der Waals surface area (Å²) < 4.78 is 2.64. The minimum atomic E-state index is -0.652. The van der Waals surface area contributed by atoms with Crippen molar-refractivity contribution >= 4 is 65.6 Å². The maximum atomic E-state index is 2.56. The van der Waals surface area contributed by atoms with Gasteiger partial charge in [-0.2, -0.15) is 0 Å². The van der Waals surface area contributed by atoms with E-state index in [9.17, 15) is 0 Å². The van der Waals surface area contributed by atoms with Crippen molar-refractivity contribution in [3.05, 3.63) is 277 Å². The van der Waals surface area contributed by atoms with Crippen molar-refractivity contribution in [1.29, 1.82) is 0 Å². The molecule has 0 saturated carbocycles. The number of benzene rings is 11. The molecule has 0 bridgehead atoms. The summed E-state index contributed by atoms with van der Waals surface area (Å²) in [6, 6.07) is 95.3. The zero-order chi connectivity index (χ0) is 45.9. The molecule has 1 atom stereocenters. The Morgan fingerprint density at radius 2 is 0.786 bits per heavy atom. The number of para-hydroxylation sites is 3. The molecule has 70 heavy (non-hydrogen) atoms. The molecule has 0 radical (unpaired) electrons. The Morgan fingerprint density at radius 3 is 1.51 bits per heavy atom. The summed E-state index contributed by atoms with van der Waals surface area (Å²) in [4.78, 5) is 4.91. The standard InChI is InChI=1S/C67H42N2S/c1-3-19-43(20-4-1)68(45-36-38-64-57(39-45)50-26-10-9-25-49(50)54-29-13-17-33-63(54)69(64)44-21-5-2-6-22-44)46-35-37-53-48-24-8-7-23-47(48)51-27-11-15-31-59(51)67(61(53)40-46)60-32-16-12-28-52(60)56-42-66-58(41-62(56)67)55-30-14-18-34-65(55)70-66/h1-42H. The van der Waals surface area contributed by atoms with Crippen molar-refractivity contribution in [2.24, 2.45) is 0 Å². The average Bonchev–Trinajstić information content (AvgIpc) is 3.86. The Labute approximate surface area is 411 Å². The van der Waals surface area contributed by atoms with E-state index in [1.165, 1.54) is 98.1 Å². The molecule has 1 aromatic heterocycles. The highest BCUT2D eigenvalue weighted by atomic mass is 32.1. The molecule has 0 saturated heterocycles. The number of hydrogen-bond donors (Lipinski definition) is 0. The van der Waals surface area contributed by atoms with Crippen molar-refractivity contribution in [2.45, 2.75) is 5.41 Å². The summed E-state index contributed by atoms with van der Waals surface area (Å²) in [6.07, 6.45) is 0. The smallest absolute Gasteiger partial charge is 0.0726 e. The van der Waals surface area contributed by atoms with Crippen LogP contribution in [0, 0.1) is 0 Å². The fraction of sp³-hybridized carbons (Fsp3) is 0.0149. The molecule has 15 rings (SSSR count).